The van der Waals surface area contributed by atoms with Crippen molar-refractivity contribution in [2.45, 2.75) is 13.0 Å². The van der Waals surface area contributed by atoms with Crippen LogP contribution in [0.3, 0.4) is 0 Å². The third kappa shape index (κ3) is 2.77. The van der Waals surface area contributed by atoms with Crippen LogP contribution in [0.2, 0.25) is 0 Å². The lowest BCUT2D eigenvalue weighted by Crippen LogP contribution is -2.07. The Morgan fingerprint density at radius 1 is 1.33 bits per heavy atom. The van der Waals surface area contributed by atoms with Gasteiger partial charge in [0.05, 0.1) is 0 Å². The Balaban J connectivity index is 2.16. The molecule has 1 aromatic heterocycles. The number of nitrogen functional groups attached to an aromatic ring is 1. The van der Waals surface area contributed by atoms with Gasteiger partial charge in [-0.3, -0.25) is 0 Å². The van der Waals surface area contributed by atoms with Crippen LogP contribution in [0.5, 0.6) is 0 Å². The number of nitrogens with zero attached hydrogens (tertiary/aromatic N) is 2. The third-order valence-electron chi connectivity index (χ3n) is 2.67. The Kier molecular flexibility index (Phi) is 3.44. The summed E-state index contributed by atoms with van der Waals surface area (Å²) in [5, 5.41) is 12.1. The number of nitrogens with two attached hydrogens (primary N) is 1. The second kappa shape index (κ2) is 5.19. The van der Waals surface area contributed by atoms with Gasteiger partial charge < -0.3 is 11.1 Å². The number of nitrogens with one attached hydrogen (secondary N) is 1. The van der Waals surface area contributed by atoms with E-state index in [1.165, 1.54) is 0 Å². The van der Waals surface area contributed by atoms with E-state index in [4.69, 9.17) is 11.0 Å². The van der Waals surface area contributed by atoms with E-state index in [0.29, 0.717) is 5.69 Å². The monoisotopic (exact) mass is 238 g/mol. The van der Waals surface area contributed by atoms with Crippen molar-refractivity contribution in [3.63, 3.8) is 0 Å². The third-order valence-corrected chi connectivity index (χ3v) is 2.67. The highest BCUT2D eigenvalue weighted by atomic mass is 14.9. The summed E-state index contributed by atoms with van der Waals surface area (Å²) < 4.78 is 0. The zero-order chi connectivity index (χ0) is 13.0. The first-order valence-corrected chi connectivity index (χ1v) is 5.67. The van der Waals surface area contributed by atoms with Crippen LogP contribution in [0.1, 0.15) is 24.2 Å². The number of anilines is 2. The molecule has 1 atom stereocenters. The van der Waals surface area contributed by atoms with E-state index in [0.717, 1.165) is 16.9 Å². The number of hydrogen-bond donors (Lipinski definition) is 2. The molecule has 0 bridgehead atoms. The SMILES string of the molecule is CC(Nc1ccnc(C#N)c1)c1cccc(N)c1. The van der Waals surface area contributed by atoms with Crippen molar-refractivity contribution in [3.8, 4) is 6.07 Å². The summed E-state index contributed by atoms with van der Waals surface area (Å²) >= 11 is 0. The molecule has 2 aromatic rings. The molecule has 4 nitrogen and oxygen atoms in total. The first kappa shape index (κ1) is 11.9. The lowest BCUT2D eigenvalue weighted by atomic mass is 10.1. The maximum absolute atomic E-state index is 8.79. The molecule has 2 rings (SSSR count). The van der Waals surface area contributed by atoms with Gasteiger partial charge in [0, 0.05) is 23.6 Å². The minimum absolute atomic E-state index is 0.113. The van der Waals surface area contributed by atoms with Crippen LogP contribution in [0, 0.1) is 11.3 Å². The van der Waals surface area contributed by atoms with Crippen molar-refractivity contribution < 1.29 is 0 Å². The van der Waals surface area contributed by atoms with E-state index < -0.39 is 0 Å². The second-order valence-corrected chi connectivity index (χ2v) is 4.08. The predicted octanol–water partition coefficient (Wildman–Crippen LogP) is 2.71. The smallest absolute Gasteiger partial charge is 0.142 e. The molecular weight excluding hydrogens is 224 g/mol. The predicted molar refractivity (Wildman–Crippen MR) is 71.8 cm³/mol. The number of nitriles is 1. The Bertz CT molecular complexity index is 586. The number of rotatable bonds is 3. The number of benzene rings is 1. The molecule has 0 aliphatic heterocycles. The molecule has 3 N–H and O–H groups in total. The number of pyridine rings is 1. The van der Waals surface area contributed by atoms with E-state index in [1.807, 2.05) is 43.3 Å². The largest absolute Gasteiger partial charge is 0.399 e. The van der Waals surface area contributed by atoms with Gasteiger partial charge in [-0.2, -0.15) is 5.26 Å². The highest BCUT2D eigenvalue weighted by Crippen LogP contribution is 2.20. The fraction of sp³-hybridized carbons (Fsp3) is 0.143. The van der Waals surface area contributed by atoms with Crippen LogP contribution in [-0.2, 0) is 0 Å². The van der Waals surface area contributed by atoms with Crippen LogP contribution in [-0.4, -0.2) is 4.98 Å². The summed E-state index contributed by atoms with van der Waals surface area (Å²) in [5.41, 5.74) is 8.88. The maximum Gasteiger partial charge on any atom is 0.142 e. The maximum atomic E-state index is 8.79. The molecule has 0 aliphatic carbocycles. The van der Waals surface area contributed by atoms with Crippen molar-refractivity contribution in [1.29, 1.82) is 5.26 Å². The minimum atomic E-state index is 0.113. The van der Waals surface area contributed by atoms with E-state index >= 15 is 0 Å². The first-order chi connectivity index (χ1) is 8.69. The zero-order valence-corrected chi connectivity index (χ0v) is 10.1. The lowest BCUT2D eigenvalue weighted by Gasteiger charge is -2.16. The highest BCUT2D eigenvalue weighted by molar-refractivity contribution is 5.49. The standard InChI is InChI=1S/C14H14N4/c1-10(11-3-2-4-12(16)7-11)18-13-5-6-17-14(8-13)9-15/h2-8,10H,16H2,1H3,(H,17,18). The summed E-state index contributed by atoms with van der Waals surface area (Å²) in [5.74, 6) is 0. The van der Waals surface area contributed by atoms with Crippen molar-refractivity contribution in [2.24, 2.45) is 0 Å². The molecule has 1 unspecified atom stereocenters. The van der Waals surface area contributed by atoms with Gasteiger partial charge in [-0.1, -0.05) is 12.1 Å². The summed E-state index contributed by atoms with van der Waals surface area (Å²) in [6.45, 7) is 2.04. The molecule has 0 saturated heterocycles. The van der Waals surface area contributed by atoms with Crippen LogP contribution in [0.4, 0.5) is 11.4 Å². The van der Waals surface area contributed by atoms with Crippen LogP contribution >= 0.6 is 0 Å². The number of aromatic nitrogens is 1. The summed E-state index contributed by atoms with van der Waals surface area (Å²) in [4.78, 5) is 3.93. The molecule has 0 radical (unpaired) electrons. The van der Waals surface area contributed by atoms with Gasteiger partial charge in [-0.15, -0.1) is 0 Å². The summed E-state index contributed by atoms with van der Waals surface area (Å²) in [7, 11) is 0. The van der Waals surface area contributed by atoms with Crippen LogP contribution < -0.4 is 11.1 Å². The second-order valence-electron chi connectivity index (χ2n) is 4.08. The fourth-order valence-electron chi connectivity index (χ4n) is 1.74. The molecule has 0 fully saturated rings. The molecule has 4 heteroatoms. The molecule has 18 heavy (non-hydrogen) atoms. The van der Waals surface area contributed by atoms with Crippen LogP contribution in [0.25, 0.3) is 0 Å². The van der Waals surface area contributed by atoms with Crippen molar-refractivity contribution >= 4 is 11.4 Å². The van der Waals surface area contributed by atoms with Gasteiger partial charge in [0.25, 0.3) is 0 Å². The quantitative estimate of drug-likeness (QED) is 0.806. The van der Waals surface area contributed by atoms with Gasteiger partial charge >= 0.3 is 0 Å². The minimum Gasteiger partial charge on any atom is -0.399 e. The Labute approximate surface area is 106 Å². The molecule has 1 heterocycles. The molecule has 0 amide bonds. The van der Waals surface area contributed by atoms with E-state index in [-0.39, 0.29) is 6.04 Å². The van der Waals surface area contributed by atoms with Gasteiger partial charge in [0.2, 0.25) is 0 Å². The van der Waals surface area contributed by atoms with Crippen molar-refractivity contribution in [1.82, 2.24) is 4.98 Å². The average Bonchev–Trinajstić information content (AvgIpc) is 2.39. The molecule has 0 spiro atoms. The molecule has 0 saturated carbocycles. The van der Waals surface area contributed by atoms with E-state index in [9.17, 15) is 0 Å². The highest BCUT2D eigenvalue weighted by Gasteiger charge is 2.06. The average molecular weight is 238 g/mol. The fourth-order valence-corrected chi connectivity index (χ4v) is 1.74. The Morgan fingerprint density at radius 2 is 2.17 bits per heavy atom. The summed E-state index contributed by atoms with van der Waals surface area (Å²) in [6, 6.07) is 13.4. The van der Waals surface area contributed by atoms with Gasteiger partial charge in [-0.05, 0) is 36.8 Å². The zero-order valence-electron chi connectivity index (χ0n) is 10.1. The molecule has 90 valence electrons. The van der Waals surface area contributed by atoms with E-state index in [1.54, 1.807) is 12.3 Å². The summed E-state index contributed by atoms with van der Waals surface area (Å²) in [6.07, 6.45) is 1.62. The lowest BCUT2D eigenvalue weighted by molar-refractivity contribution is 0.884. The number of hydrogen-bond acceptors (Lipinski definition) is 4. The van der Waals surface area contributed by atoms with Crippen molar-refractivity contribution in [3.05, 3.63) is 53.9 Å². The Morgan fingerprint density at radius 3 is 2.89 bits per heavy atom. The topological polar surface area (TPSA) is 74.7 Å². The Hall–Kier alpha value is -2.54. The van der Waals surface area contributed by atoms with E-state index in [2.05, 4.69) is 10.3 Å². The van der Waals surface area contributed by atoms with Gasteiger partial charge in [-0.25, -0.2) is 4.98 Å². The van der Waals surface area contributed by atoms with Crippen molar-refractivity contribution in [2.75, 3.05) is 11.1 Å². The molecular formula is C14H14N4. The normalized spacial score (nSPS) is 11.6. The van der Waals surface area contributed by atoms with Crippen LogP contribution in [0.15, 0.2) is 42.6 Å². The van der Waals surface area contributed by atoms with Gasteiger partial charge in [0.15, 0.2) is 0 Å². The molecule has 0 aliphatic rings. The first-order valence-electron chi connectivity index (χ1n) is 5.67. The van der Waals surface area contributed by atoms with Gasteiger partial charge in [0.1, 0.15) is 11.8 Å². The molecule has 1 aromatic carbocycles.